The van der Waals surface area contributed by atoms with Gasteiger partial charge in [-0.2, -0.15) is 0 Å². The van der Waals surface area contributed by atoms with Crippen molar-refractivity contribution in [1.82, 2.24) is 4.57 Å². The molecule has 0 radical (unpaired) electrons. The Morgan fingerprint density at radius 2 is 1.78 bits per heavy atom. The van der Waals surface area contributed by atoms with Gasteiger partial charge in [-0.25, -0.2) is 4.79 Å². The van der Waals surface area contributed by atoms with Crippen LogP contribution in [0, 0.1) is 0 Å². The number of methoxy groups -OCH3 is 1. The molecule has 0 saturated carbocycles. The Bertz CT molecular complexity index is 954. The van der Waals surface area contributed by atoms with Crippen LogP contribution in [0.3, 0.4) is 0 Å². The van der Waals surface area contributed by atoms with E-state index in [9.17, 15) is 9.59 Å². The molecule has 0 aliphatic rings. The second-order valence-corrected chi connectivity index (χ2v) is 6.04. The molecule has 0 bridgehead atoms. The lowest BCUT2D eigenvalue weighted by molar-refractivity contribution is -0.142. The fraction of sp³-hybridized carbons (Fsp3) is 0.238. The van der Waals surface area contributed by atoms with E-state index in [1.54, 1.807) is 31.4 Å². The van der Waals surface area contributed by atoms with Gasteiger partial charge in [0.05, 0.1) is 7.11 Å². The lowest BCUT2D eigenvalue weighted by Crippen LogP contribution is -2.19. The lowest BCUT2D eigenvalue weighted by Gasteiger charge is -2.09. The van der Waals surface area contributed by atoms with Crippen LogP contribution in [0.15, 0.2) is 63.8 Å². The van der Waals surface area contributed by atoms with Crippen LogP contribution in [0.25, 0.3) is 11.3 Å². The quantitative estimate of drug-likeness (QED) is 0.599. The molecular weight excluding hydrogens is 346 g/mol. The fourth-order valence-corrected chi connectivity index (χ4v) is 2.83. The number of ether oxygens (including phenoxy) is 2. The number of nitrogens with zero attached hydrogens (tertiary/aromatic N) is 1. The SMILES string of the molecule is COc1ccc(-c2oc(=O)n(CCc3ccccc3)c2COC(C)=O)cc1. The average molecular weight is 367 g/mol. The summed E-state index contributed by atoms with van der Waals surface area (Å²) in [5, 5.41) is 0. The third-order valence-corrected chi connectivity index (χ3v) is 4.23. The maximum absolute atomic E-state index is 12.5. The molecule has 1 heterocycles. The Balaban J connectivity index is 1.94. The molecule has 140 valence electrons. The van der Waals surface area contributed by atoms with Crippen molar-refractivity contribution in [3.05, 3.63) is 76.4 Å². The summed E-state index contributed by atoms with van der Waals surface area (Å²) < 4.78 is 17.3. The predicted octanol–water partition coefficient (Wildman–Crippen LogP) is 3.42. The van der Waals surface area contributed by atoms with Gasteiger partial charge in [0.25, 0.3) is 0 Å². The molecule has 3 rings (SSSR count). The van der Waals surface area contributed by atoms with Crippen LogP contribution in [0.2, 0.25) is 0 Å². The Hall–Kier alpha value is -3.28. The van der Waals surface area contributed by atoms with Crippen LogP contribution >= 0.6 is 0 Å². The van der Waals surface area contributed by atoms with Gasteiger partial charge in [-0.15, -0.1) is 0 Å². The molecule has 0 N–H and O–H groups in total. The molecule has 0 aliphatic carbocycles. The van der Waals surface area contributed by atoms with Gasteiger partial charge in [-0.3, -0.25) is 9.36 Å². The lowest BCUT2D eigenvalue weighted by atomic mass is 10.1. The molecule has 6 nitrogen and oxygen atoms in total. The number of carbonyl (C=O) groups is 1. The van der Waals surface area contributed by atoms with E-state index >= 15 is 0 Å². The number of esters is 1. The Morgan fingerprint density at radius 1 is 1.07 bits per heavy atom. The number of hydrogen-bond acceptors (Lipinski definition) is 5. The van der Waals surface area contributed by atoms with Crippen molar-refractivity contribution in [3.63, 3.8) is 0 Å². The van der Waals surface area contributed by atoms with Gasteiger partial charge >= 0.3 is 11.7 Å². The molecule has 1 aromatic heterocycles. The fourth-order valence-electron chi connectivity index (χ4n) is 2.83. The second kappa shape index (κ2) is 8.40. The van der Waals surface area contributed by atoms with Gasteiger partial charge in [-0.05, 0) is 36.2 Å². The monoisotopic (exact) mass is 367 g/mol. The van der Waals surface area contributed by atoms with E-state index in [-0.39, 0.29) is 6.61 Å². The first-order valence-electron chi connectivity index (χ1n) is 8.62. The minimum Gasteiger partial charge on any atom is -0.497 e. The zero-order valence-electron chi connectivity index (χ0n) is 15.3. The molecular formula is C21H21NO5. The Kier molecular flexibility index (Phi) is 5.76. The van der Waals surface area contributed by atoms with Crippen molar-refractivity contribution < 1.29 is 18.7 Å². The highest BCUT2D eigenvalue weighted by molar-refractivity contribution is 5.66. The van der Waals surface area contributed by atoms with Gasteiger partial charge in [0.1, 0.15) is 18.1 Å². The van der Waals surface area contributed by atoms with Gasteiger partial charge < -0.3 is 13.9 Å². The minimum atomic E-state index is -0.473. The number of benzene rings is 2. The first-order valence-corrected chi connectivity index (χ1v) is 8.62. The summed E-state index contributed by atoms with van der Waals surface area (Å²) in [6.07, 6.45) is 0.662. The van der Waals surface area contributed by atoms with Crippen LogP contribution < -0.4 is 10.5 Å². The number of aryl methyl sites for hydroxylation is 1. The predicted molar refractivity (Wildman–Crippen MR) is 101 cm³/mol. The maximum atomic E-state index is 12.5. The molecule has 2 aromatic carbocycles. The Morgan fingerprint density at radius 3 is 2.41 bits per heavy atom. The zero-order chi connectivity index (χ0) is 19.2. The molecule has 0 spiro atoms. The summed E-state index contributed by atoms with van der Waals surface area (Å²) in [6, 6.07) is 17.0. The third kappa shape index (κ3) is 4.47. The third-order valence-electron chi connectivity index (χ3n) is 4.23. The van der Waals surface area contributed by atoms with E-state index in [1.165, 1.54) is 11.5 Å². The largest absolute Gasteiger partial charge is 0.497 e. The molecule has 3 aromatic rings. The van der Waals surface area contributed by atoms with Crippen molar-refractivity contribution in [3.8, 4) is 17.1 Å². The Labute approximate surface area is 157 Å². The van der Waals surface area contributed by atoms with Crippen LogP contribution in [0.1, 0.15) is 18.2 Å². The van der Waals surface area contributed by atoms with Crippen LogP contribution in [-0.4, -0.2) is 17.6 Å². The van der Waals surface area contributed by atoms with Gasteiger partial charge in [0.15, 0.2) is 5.76 Å². The highest BCUT2D eigenvalue weighted by Gasteiger charge is 2.19. The van der Waals surface area contributed by atoms with Crippen molar-refractivity contribution in [2.24, 2.45) is 0 Å². The number of rotatable bonds is 7. The smallest absolute Gasteiger partial charge is 0.419 e. The highest BCUT2D eigenvalue weighted by atomic mass is 16.5. The van der Waals surface area contributed by atoms with E-state index in [4.69, 9.17) is 13.9 Å². The first-order chi connectivity index (χ1) is 13.1. The zero-order valence-corrected chi connectivity index (χ0v) is 15.3. The summed E-state index contributed by atoms with van der Waals surface area (Å²) in [5.74, 6) is 0.209. The summed E-state index contributed by atoms with van der Waals surface area (Å²) in [5.41, 5.74) is 2.36. The van der Waals surface area contributed by atoms with E-state index in [0.717, 1.165) is 5.56 Å². The van der Waals surface area contributed by atoms with Crippen LogP contribution in [0.5, 0.6) is 5.75 Å². The van der Waals surface area contributed by atoms with Crippen molar-refractivity contribution in [2.45, 2.75) is 26.5 Å². The standard InChI is InChI=1S/C21H21NO5/c1-15(23)26-14-19-20(17-8-10-18(25-2)11-9-17)27-21(24)22(19)13-12-16-6-4-3-5-7-16/h3-11H,12-14H2,1-2H3. The molecule has 0 amide bonds. The topological polar surface area (TPSA) is 70.7 Å². The first kappa shape index (κ1) is 18.5. The van der Waals surface area contributed by atoms with Crippen LogP contribution in [-0.2, 0) is 29.1 Å². The second-order valence-electron chi connectivity index (χ2n) is 6.04. The molecule has 0 aliphatic heterocycles. The van der Waals surface area contributed by atoms with Crippen molar-refractivity contribution >= 4 is 5.97 Å². The van der Waals surface area contributed by atoms with E-state index < -0.39 is 11.7 Å². The van der Waals surface area contributed by atoms with Gasteiger partial charge in [-0.1, -0.05) is 30.3 Å². The molecule has 6 heteroatoms. The minimum absolute atomic E-state index is 0.0305. The normalized spacial score (nSPS) is 10.6. The van der Waals surface area contributed by atoms with E-state index in [1.807, 2.05) is 30.3 Å². The summed E-state index contributed by atoms with van der Waals surface area (Å²) in [4.78, 5) is 23.7. The number of aromatic nitrogens is 1. The number of carbonyl (C=O) groups excluding carboxylic acids is 1. The number of hydrogen-bond donors (Lipinski definition) is 0. The average Bonchev–Trinajstić information content (AvgIpc) is 3.01. The maximum Gasteiger partial charge on any atom is 0.419 e. The summed E-state index contributed by atoms with van der Waals surface area (Å²) >= 11 is 0. The summed E-state index contributed by atoms with van der Waals surface area (Å²) in [7, 11) is 1.58. The van der Waals surface area contributed by atoms with Crippen LogP contribution in [0.4, 0.5) is 0 Å². The van der Waals surface area contributed by atoms with Gasteiger partial charge in [0.2, 0.25) is 0 Å². The summed E-state index contributed by atoms with van der Waals surface area (Å²) in [6.45, 7) is 1.73. The van der Waals surface area contributed by atoms with Crippen molar-refractivity contribution in [1.29, 1.82) is 0 Å². The molecule has 0 unspecified atom stereocenters. The molecule has 27 heavy (non-hydrogen) atoms. The van der Waals surface area contributed by atoms with E-state index in [0.29, 0.717) is 35.7 Å². The number of oxazole rings is 1. The van der Waals surface area contributed by atoms with Crippen molar-refractivity contribution in [2.75, 3.05) is 7.11 Å². The molecule has 0 saturated heterocycles. The van der Waals surface area contributed by atoms with Gasteiger partial charge in [0, 0.05) is 19.0 Å². The van der Waals surface area contributed by atoms with E-state index in [2.05, 4.69) is 0 Å². The molecule has 0 atom stereocenters. The highest BCUT2D eigenvalue weighted by Crippen LogP contribution is 2.26. The molecule has 0 fully saturated rings.